The summed E-state index contributed by atoms with van der Waals surface area (Å²) in [7, 11) is 0. The van der Waals surface area contributed by atoms with Crippen molar-refractivity contribution in [1.82, 2.24) is 5.32 Å². The number of rotatable bonds is 8. The Bertz CT molecular complexity index is 1160. The van der Waals surface area contributed by atoms with Gasteiger partial charge in [-0.25, -0.2) is 9.59 Å². The van der Waals surface area contributed by atoms with Gasteiger partial charge in [0, 0.05) is 11.6 Å². The molecule has 1 aliphatic rings. The lowest BCUT2D eigenvalue weighted by molar-refractivity contribution is -0.139. The van der Waals surface area contributed by atoms with Gasteiger partial charge in [-0.05, 0) is 53.4 Å². The second kappa shape index (κ2) is 10.1. The van der Waals surface area contributed by atoms with Crippen LogP contribution in [0.25, 0.3) is 11.1 Å². The Hall–Kier alpha value is -4.33. The van der Waals surface area contributed by atoms with E-state index in [-0.39, 0.29) is 12.5 Å². The summed E-state index contributed by atoms with van der Waals surface area (Å²) in [6.45, 7) is 1.26. The Labute approximate surface area is 196 Å². The predicted octanol–water partition coefficient (Wildman–Crippen LogP) is 4.02. The minimum absolute atomic E-state index is 0.0656. The van der Waals surface area contributed by atoms with Crippen molar-refractivity contribution in [1.29, 1.82) is 0 Å². The molecule has 0 heterocycles. The molecule has 0 aromatic heterocycles. The quantitative estimate of drug-likeness (QED) is 0.468. The number of aliphatic carboxylic acids is 1. The monoisotopic (exact) mass is 460 g/mol. The standard InChI is InChI=1S/C26H24N2O6/c1-16(25(31)28-17-10-12-18(13-11-17)33-15-24(29)30)27-26(32)34-14-23-21-8-4-2-6-19(21)20-7-3-5-9-22(20)23/h2-13,16,23H,14-15H2,1H3,(H,27,32)(H,28,31)(H,29,30). The Morgan fingerprint density at radius 3 is 2.09 bits per heavy atom. The lowest BCUT2D eigenvalue weighted by Crippen LogP contribution is -2.42. The SMILES string of the molecule is CC(NC(=O)OCC1c2ccccc2-c2ccccc21)C(=O)Nc1ccc(OCC(=O)O)cc1. The van der Waals surface area contributed by atoms with Crippen molar-refractivity contribution < 1.29 is 29.0 Å². The molecule has 0 aliphatic heterocycles. The van der Waals surface area contributed by atoms with Crippen molar-refractivity contribution in [3.05, 3.63) is 83.9 Å². The minimum atomic E-state index is -1.08. The minimum Gasteiger partial charge on any atom is -0.482 e. The Morgan fingerprint density at radius 2 is 1.50 bits per heavy atom. The zero-order valence-corrected chi connectivity index (χ0v) is 18.5. The van der Waals surface area contributed by atoms with E-state index in [2.05, 4.69) is 22.8 Å². The molecule has 0 fully saturated rings. The Balaban J connectivity index is 1.29. The molecule has 3 N–H and O–H groups in total. The molecular formula is C26H24N2O6. The zero-order valence-electron chi connectivity index (χ0n) is 18.5. The molecule has 3 aromatic rings. The van der Waals surface area contributed by atoms with Crippen molar-refractivity contribution in [2.75, 3.05) is 18.5 Å². The first-order valence-electron chi connectivity index (χ1n) is 10.8. The molecule has 0 saturated heterocycles. The summed E-state index contributed by atoms with van der Waals surface area (Å²) in [6.07, 6.45) is -0.679. The van der Waals surface area contributed by atoms with E-state index in [1.807, 2.05) is 36.4 Å². The molecule has 1 atom stereocenters. The van der Waals surface area contributed by atoms with E-state index in [9.17, 15) is 14.4 Å². The summed E-state index contributed by atoms with van der Waals surface area (Å²) < 4.78 is 10.5. The van der Waals surface area contributed by atoms with E-state index in [0.717, 1.165) is 22.3 Å². The number of carboxylic acids is 1. The summed E-state index contributed by atoms with van der Waals surface area (Å²) in [4.78, 5) is 35.4. The van der Waals surface area contributed by atoms with Crippen LogP contribution in [-0.2, 0) is 14.3 Å². The van der Waals surface area contributed by atoms with Crippen LogP contribution in [-0.4, -0.2) is 42.3 Å². The number of hydrogen-bond donors (Lipinski definition) is 3. The first-order valence-corrected chi connectivity index (χ1v) is 10.8. The van der Waals surface area contributed by atoms with Gasteiger partial charge in [0.2, 0.25) is 5.91 Å². The van der Waals surface area contributed by atoms with Crippen LogP contribution in [0.4, 0.5) is 10.5 Å². The summed E-state index contributed by atoms with van der Waals surface area (Å²) in [5.74, 6) is -1.20. The smallest absolute Gasteiger partial charge is 0.407 e. The highest BCUT2D eigenvalue weighted by atomic mass is 16.5. The van der Waals surface area contributed by atoms with E-state index < -0.39 is 30.6 Å². The fourth-order valence-corrected chi connectivity index (χ4v) is 3.91. The summed E-state index contributed by atoms with van der Waals surface area (Å²) in [6, 6.07) is 21.5. The second-order valence-corrected chi connectivity index (χ2v) is 7.89. The molecular weight excluding hydrogens is 436 g/mol. The number of ether oxygens (including phenoxy) is 2. The van der Waals surface area contributed by atoms with Gasteiger partial charge in [0.05, 0.1) is 0 Å². The highest BCUT2D eigenvalue weighted by molar-refractivity contribution is 5.96. The molecule has 4 rings (SSSR count). The van der Waals surface area contributed by atoms with Crippen LogP contribution in [0.5, 0.6) is 5.75 Å². The van der Waals surface area contributed by atoms with Crippen molar-refractivity contribution in [2.24, 2.45) is 0 Å². The zero-order chi connectivity index (χ0) is 24.1. The molecule has 8 nitrogen and oxygen atoms in total. The molecule has 0 saturated carbocycles. The number of carbonyl (C=O) groups is 3. The number of hydrogen-bond acceptors (Lipinski definition) is 5. The van der Waals surface area contributed by atoms with Crippen molar-refractivity contribution in [2.45, 2.75) is 18.9 Å². The fourth-order valence-electron chi connectivity index (χ4n) is 3.91. The number of alkyl carbamates (subject to hydrolysis) is 1. The highest BCUT2D eigenvalue weighted by Gasteiger charge is 2.29. The third-order valence-corrected chi connectivity index (χ3v) is 5.56. The molecule has 3 aromatic carbocycles. The summed E-state index contributed by atoms with van der Waals surface area (Å²) in [5, 5.41) is 13.9. The number of benzene rings is 3. The fraction of sp³-hybridized carbons (Fsp3) is 0.192. The average Bonchev–Trinajstić information content (AvgIpc) is 3.16. The van der Waals surface area contributed by atoms with E-state index in [1.54, 1.807) is 31.2 Å². The van der Waals surface area contributed by atoms with Gasteiger partial charge in [-0.1, -0.05) is 48.5 Å². The molecule has 0 bridgehead atoms. The molecule has 2 amide bonds. The number of carbonyl (C=O) groups excluding carboxylic acids is 2. The first-order chi connectivity index (χ1) is 16.4. The Morgan fingerprint density at radius 1 is 0.912 bits per heavy atom. The van der Waals surface area contributed by atoms with Gasteiger partial charge in [0.15, 0.2) is 6.61 Å². The van der Waals surface area contributed by atoms with Gasteiger partial charge in [-0.3, -0.25) is 4.79 Å². The van der Waals surface area contributed by atoms with Crippen LogP contribution in [0.3, 0.4) is 0 Å². The van der Waals surface area contributed by atoms with Crippen molar-refractivity contribution in [3.63, 3.8) is 0 Å². The van der Waals surface area contributed by atoms with Gasteiger partial charge in [-0.15, -0.1) is 0 Å². The van der Waals surface area contributed by atoms with Crippen LogP contribution in [0, 0.1) is 0 Å². The van der Waals surface area contributed by atoms with Gasteiger partial charge in [-0.2, -0.15) is 0 Å². The number of anilines is 1. The van der Waals surface area contributed by atoms with Gasteiger partial charge in [0.1, 0.15) is 18.4 Å². The highest BCUT2D eigenvalue weighted by Crippen LogP contribution is 2.44. The third kappa shape index (κ3) is 5.17. The van der Waals surface area contributed by atoms with Crippen LogP contribution >= 0.6 is 0 Å². The third-order valence-electron chi connectivity index (χ3n) is 5.56. The topological polar surface area (TPSA) is 114 Å². The van der Waals surface area contributed by atoms with Crippen LogP contribution in [0.15, 0.2) is 72.8 Å². The molecule has 1 aliphatic carbocycles. The van der Waals surface area contributed by atoms with E-state index in [0.29, 0.717) is 11.4 Å². The van der Waals surface area contributed by atoms with Gasteiger partial charge < -0.3 is 25.2 Å². The summed E-state index contributed by atoms with van der Waals surface area (Å²) in [5.41, 5.74) is 4.98. The lowest BCUT2D eigenvalue weighted by atomic mass is 9.98. The number of carboxylic acid groups (broad SMARTS) is 1. The van der Waals surface area contributed by atoms with E-state index >= 15 is 0 Å². The average molecular weight is 460 g/mol. The van der Waals surface area contributed by atoms with Crippen LogP contribution in [0.1, 0.15) is 24.0 Å². The molecule has 8 heteroatoms. The number of fused-ring (bicyclic) bond motifs is 3. The largest absolute Gasteiger partial charge is 0.482 e. The molecule has 34 heavy (non-hydrogen) atoms. The van der Waals surface area contributed by atoms with Crippen LogP contribution < -0.4 is 15.4 Å². The maximum atomic E-state index is 12.4. The maximum Gasteiger partial charge on any atom is 0.407 e. The second-order valence-electron chi connectivity index (χ2n) is 7.89. The van der Waals surface area contributed by atoms with Gasteiger partial charge >= 0.3 is 12.1 Å². The summed E-state index contributed by atoms with van der Waals surface area (Å²) >= 11 is 0. The number of nitrogens with one attached hydrogen (secondary N) is 2. The predicted molar refractivity (Wildman–Crippen MR) is 126 cm³/mol. The lowest BCUT2D eigenvalue weighted by Gasteiger charge is -2.17. The van der Waals surface area contributed by atoms with Crippen molar-refractivity contribution >= 4 is 23.7 Å². The first kappa shape index (κ1) is 22.8. The van der Waals surface area contributed by atoms with E-state index in [4.69, 9.17) is 14.6 Å². The van der Waals surface area contributed by atoms with Crippen LogP contribution in [0.2, 0.25) is 0 Å². The molecule has 174 valence electrons. The van der Waals surface area contributed by atoms with Crippen molar-refractivity contribution in [3.8, 4) is 16.9 Å². The molecule has 0 radical (unpaired) electrons. The maximum absolute atomic E-state index is 12.4. The van der Waals surface area contributed by atoms with E-state index in [1.165, 1.54) is 0 Å². The molecule has 0 spiro atoms. The normalized spacial score (nSPS) is 12.7. The molecule has 1 unspecified atom stereocenters. The van der Waals surface area contributed by atoms with Gasteiger partial charge in [0.25, 0.3) is 0 Å². The Kier molecular flexibility index (Phi) is 6.77. The number of amides is 2.